The van der Waals surface area contributed by atoms with Crippen LogP contribution < -0.4 is 5.32 Å². The summed E-state index contributed by atoms with van der Waals surface area (Å²) in [5, 5.41) is 11.3. The first-order valence-corrected chi connectivity index (χ1v) is 5.17. The van der Waals surface area contributed by atoms with Crippen molar-refractivity contribution in [2.45, 2.75) is 13.0 Å². The van der Waals surface area contributed by atoms with E-state index < -0.39 is 12.0 Å². The molecule has 1 heterocycles. The van der Waals surface area contributed by atoms with Crippen molar-refractivity contribution in [3.05, 3.63) is 0 Å². The van der Waals surface area contributed by atoms with Crippen molar-refractivity contribution in [2.75, 3.05) is 18.2 Å². The molecule has 6 heteroatoms. The lowest BCUT2D eigenvalue weighted by Crippen LogP contribution is -2.46. The van der Waals surface area contributed by atoms with Gasteiger partial charge in [0.05, 0.1) is 5.88 Å². The van der Waals surface area contributed by atoms with Crippen molar-refractivity contribution < 1.29 is 14.7 Å². The second-order valence-corrected chi connectivity index (χ2v) is 3.66. The van der Waals surface area contributed by atoms with Crippen LogP contribution in [0.25, 0.3) is 0 Å². The smallest absolute Gasteiger partial charge is 0.327 e. The zero-order chi connectivity index (χ0) is 9.84. The van der Waals surface area contributed by atoms with Crippen LogP contribution in [0.1, 0.15) is 6.92 Å². The number of carboxylic acid groups (broad SMARTS) is 1. The highest BCUT2D eigenvalue weighted by Crippen LogP contribution is 2.20. The van der Waals surface area contributed by atoms with Gasteiger partial charge in [-0.2, -0.15) is 0 Å². The Morgan fingerprint density at radius 2 is 2.38 bits per heavy atom. The number of thioether (sulfide) groups is 1. The van der Waals surface area contributed by atoms with E-state index in [0.717, 1.165) is 0 Å². The fraction of sp³-hybridized carbons (Fsp3) is 0.714. The molecule has 0 saturated carbocycles. The lowest BCUT2D eigenvalue weighted by molar-refractivity contribution is -0.140. The maximum absolute atomic E-state index is 11.3. The van der Waals surface area contributed by atoms with Gasteiger partial charge in [0.1, 0.15) is 6.04 Å². The Morgan fingerprint density at radius 1 is 1.69 bits per heavy atom. The van der Waals surface area contributed by atoms with E-state index in [0.29, 0.717) is 18.2 Å². The van der Waals surface area contributed by atoms with Crippen LogP contribution >= 0.6 is 11.8 Å². The van der Waals surface area contributed by atoms with Crippen molar-refractivity contribution >= 4 is 23.8 Å². The summed E-state index contributed by atoms with van der Waals surface area (Å²) in [7, 11) is 0. The first kappa shape index (κ1) is 10.2. The molecular formula is C7H12N2O3S. The lowest BCUT2D eigenvalue weighted by atomic mass is 10.3. The van der Waals surface area contributed by atoms with Gasteiger partial charge in [0.25, 0.3) is 0 Å². The van der Waals surface area contributed by atoms with Gasteiger partial charge in [-0.25, -0.2) is 9.59 Å². The van der Waals surface area contributed by atoms with Gasteiger partial charge < -0.3 is 15.3 Å². The molecule has 5 nitrogen and oxygen atoms in total. The summed E-state index contributed by atoms with van der Waals surface area (Å²) in [6, 6.07) is -0.962. The van der Waals surface area contributed by atoms with Gasteiger partial charge in [-0.05, 0) is 6.92 Å². The zero-order valence-corrected chi connectivity index (χ0v) is 8.13. The number of carbonyl (C=O) groups excluding carboxylic acids is 1. The van der Waals surface area contributed by atoms with Gasteiger partial charge in [0, 0.05) is 12.3 Å². The zero-order valence-electron chi connectivity index (χ0n) is 7.32. The third kappa shape index (κ3) is 2.27. The molecule has 2 N–H and O–H groups in total. The molecular weight excluding hydrogens is 192 g/mol. The third-order valence-corrected chi connectivity index (χ3v) is 2.77. The number of nitrogens with one attached hydrogen (secondary N) is 1. The number of hydrogen-bond acceptors (Lipinski definition) is 3. The van der Waals surface area contributed by atoms with E-state index in [1.54, 1.807) is 6.92 Å². The van der Waals surface area contributed by atoms with E-state index in [1.165, 1.54) is 16.7 Å². The van der Waals surface area contributed by atoms with Crippen LogP contribution in [0.3, 0.4) is 0 Å². The minimum atomic E-state index is -0.934. The normalized spacial score (nSPS) is 21.6. The molecule has 1 atom stereocenters. The fourth-order valence-electron chi connectivity index (χ4n) is 1.10. The quantitative estimate of drug-likeness (QED) is 0.673. The molecule has 1 saturated heterocycles. The van der Waals surface area contributed by atoms with E-state index in [9.17, 15) is 9.59 Å². The summed E-state index contributed by atoms with van der Waals surface area (Å²) in [6.07, 6.45) is 0. The van der Waals surface area contributed by atoms with Gasteiger partial charge in [-0.3, -0.25) is 0 Å². The van der Waals surface area contributed by atoms with Crippen LogP contribution in [-0.2, 0) is 4.79 Å². The SMILES string of the molecule is CCNC(=O)N1CSC[C@@H]1C(=O)O. The molecule has 0 aromatic heterocycles. The molecule has 13 heavy (non-hydrogen) atoms. The fourth-order valence-corrected chi connectivity index (χ4v) is 2.25. The Hall–Kier alpha value is -0.910. The molecule has 1 fully saturated rings. The van der Waals surface area contributed by atoms with Gasteiger partial charge in [0.15, 0.2) is 0 Å². The molecule has 74 valence electrons. The van der Waals surface area contributed by atoms with Crippen molar-refractivity contribution in [1.82, 2.24) is 10.2 Å². The van der Waals surface area contributed by atoms with Crippen LogP contribution in [0, 0.1) is 0 Å². The Labute approximate surface area is 80.5 Å². The van der Waals surface area contributed by atoms with E-state index in [2.05, 4.69) is 5.32 Å². The average molecular weight is 204 g/mol. The van der Waals surface area contributed by atoms with Crippen LogP contribution in [0.5, 0.6) is 0 Å². The first-order chi connectivity index (χ1) is 6.16. The molecule has 0 aromatic carbocycles. The molecule has 0 spiro atoms. The van der Waals surface area contributed by atoms with Crippen molar-refractivity contribution in [3.63, 3.8) is 0 Å². The molecule has 1 rings (SSSR count). The van der Waals surface area contributed by atoms with E-state index in [4.69, 9.17) is 5.11 Å². The number of aliphatic carboxylic acids is 1. The summed E-state index contributed by atoms with van der Waals surface area (Å²) in [6.45, 7) is 2.32. The predicted molar refractivity (Wildman–Crippen MR) is 49.7 cm³/mol. The number of carboxylic acids is 1. The standard InChI is InChI=1S/C7H12N2O3S/c1-2-8-7(12)9-4-13-3-5(9)6(10)11/h5H,2-4H2,1H3,(H,8,12)(H,10,11)/t5-/m1/s1. The van der Waals surface area contributed by atoms with Crippen molar-refractivity contribution in [3.8, 4) is 0 Å². The summed E-state index contributed by atoms with van der Waals surface area (Å²) < 4.78 is 0. The molecule has 0 aromatic rings. The molecule has 1 aliphatic heterocycles. The summed E-state index contributed by atoms with van der Waals surface area (Å²) >= 11 is 1.46. The van der Waals surface area contributed by atoms with Crippen LogP contribution in [0.2, 0.25) is 0 Å². The monoisotopic (exact) mass is 204 g/mol. The maximum Gasteiger partial charge on any atom is 0.327 e. The third-order valence-electron chi connectivity index (χ3n) is 1.76. The number of nitrogens with zero attached hydrogens (tertiary/aromatic N) is 1. The van der Waals surface area contributed by atoms with E-state index >= 15 is 0 Å². The number of carbonyl (C=O) groups is 2. The number of amides is 2. The first-order valence-electron chi connectivity index (χ1n) is 4.01. The van der Waals surface area contributed by atoms with Crippen molar-refractivity contribution in [1.29, 1.82) is 0 Å². The largest absolute Gasteiger partial charge is 0.480 e. The van der Waals surface area contributed by atoms with E-state index in [1.807, 2.05) is 0 Å². The average Bonchev–Trinajstić information content (AvgIpc) is 2.52. The molecule has 0 unspecified atom stereocenters. The topological polar surface area (TPSA) is 69.6 Å². The second-order valence-electron chi connectivity index (χ2n) is 2.66. The van der Waals surface area contributed by atoms with E-state index in [-0.39, 0.29) is 6.03 Å². The summed E-state index contributed by atoms with van der Waals surface area (Å²) in [5.41, 5.74) is 0. The Kier molecular flexibility index (Phi) is 3.41. The van der Waals surface area contributed by atoms with Crippen LogP contribution in [0.4, 0.5) is 4.79 Å². The Balaban J connectivity index is 2.57. The van der Waals surface area contributed by atoms with Crippen LogP contribution in [0.15, 0.2) is 0 Å². The highest BCUT2D eigenvalue weighted by molar-refractivity contribution is 7.99. The molecule has 0 aliphatic carbocycles. The Bertz CT molecular complexity index is 222. The van der Waals surface area contributed by atoms with Gasteiger partial charge in [0.2, 0.25) is 0 Å². The predicted octanol–water partition coefficient (Wildman–Crippen LogP) is 0.175. The summed E-state index contributed by atoms with van der Waals surface area (Å²) in [5.74, 6) is 0.00572. The van der Waals surface area contributed by atoms with Crippen molar-refractivity contribution in [2.24, 2.45) is 0 Å². The second kappa shape index (κ2) is 4.36. The number of rotatable bonds is 2. The Morgan fingerprint density at radius 3 is 2.92 bits per heavy atom. The molecule has 0 radical (unpaired) electrons. The summed E-state index contributed by atoms with van der Waals surface area (Å²) in [4.78, 5) is 23.3. The number of hydrogen-bond donors (Lipinski definition) is 2. The number of urea groups is 1. The minimum Gasteiger partial charge on any atom is -0.480 e. The minimum absolute atomic E-state index is 0.292. The highest BCUT2D eigenvalue weighted by Gasteiger charge is 2.34. The highest BCUT2D eigenvalue weighted by atomic mass is 32.2. The molecule has 2 amide bonds. The van der Waals surface area contributed by atoms with Gasteiger partial charge in [-0.15, -0.1) is 11.8 Å². The maximum atomic E-state index is 11.3. The van der Waals surface area contributed by atoms with Crippen LogP contribution in [-0.4, -0.2) is 46.2 Å². The van der Waals surface area contributed by atoms with Gasteiger partial charge in [-0.1, -0.05) is 0 Å². The lowest BCUT2D eigenvalue weighted by Gasteiger charge is -2.20. The van der Waals surface area contributed by atoms with Gasteiger partial charge >= 0.3 is 12.0 Å². The molecule has 0 bridgehead atoms. The molecule has 1 aliphatic rings.